The van der Waals surface area contributed by atoms with Gasteiger partial charge in [-0.05, 0) is 19.8 Å². The van der Waals surface area contributed by atoms with Crippen molar-refractivity contribution in [3.05, 3.63) is 0 Å². The highest BCUT2D eigenvalue weighted by molar-refractivity contribution is 5.95. The quantitative estimate of drug-likeness (QED) is 0.122. The van der Waals surface area contributed by atoms with Crippen molar-refractivity contribution in [2.45, 2.75) is 63.2 Å². The number of aliphatic carboxylic acids is 4. The van der Waals surface area contributed by atoms with Crippen LogP contribution in [0.15, 0.2) is 0 Å². The SMILES string of the molecule is CC(NC(=O)C(N)CCC(=O)O)C(=O)NC(CC(=O)O)C(=O)NC(CCC(=O)O)C(=O)O. The van der Waals surface area contributed by atoms with Crippen molar-refractivity contribution >= 4 is 41.6 Å². The van der Waals surface area contributed by atoms with Crippen LogP contribution in [0.4, 0.5) is 0 Å². The van der Waals surface area contributed by atoms with Crippen molar-refractivity contribution in [2.24, 2.45) is 5.73 Å². The van der Waals surface area contributed by atoms with Gasteiger partial charge < -0.3 is 42.1 Å². The molecule has 32 heavy (non-hydrogen) atoms. The smallest absolute Gasteiger partial charge is 0.326 e. The Bertz CT molecular complexity index is 755. The average molecular weight is 462 g/mol. The number of carboxylic acids is 4. The summed E-state index contributed by atoms with van der Waals surface area (Å²) < 4.78 is 0. The van der Waals surface area contributed by atoms with Crippen LogP contribution >= 0.6 is 0 Å². The molecule has 0 rings (SSSR count). The van der Waals surface area contributed by atoms with Gasteiger partial charge in [0.1, 0.15) is 18.1 Å². The van der Waals surface area contributed by atoms with E-state index in [1.807, 2.05) is 5.32 Å². The van der Waals surface area contributed by atoms with Crippen LogP contribution in [0.25, 0.3) is 0 Å². The zero-order chi connectivity index (χ0) is 25.0. The minimum atomic E-state index is -1.73. The topological polar surface area (TPSA) is 263 Å². The molecule has 180 valence electrons. The fourth-order valence-corrected chi connectivity index (χ4v) is 2.27. The Morgan fingerprint density at radius 2 is 1.19 bits per heavy atom. The number of carboxylic acid groups (broad SMARTS) is 4. The minimum Gasteiger partial charge on any atom is -0.481 e. The summed E-state index contributed by atoms with van der Waals surface area (Å²) in [6, 6.07) is -5.90. The third-order valence-corrected chi connectivity index (χ3v) is 4.03. The summed E-state index contributed by atoms with van der Waals surface area (Å²) in [6.07, 6.45) is -2.58. The fourth-order valence-electron chi connectivity index (χ4n) is 2.27. The molecule has 0 aliphatic rings. The van der Waals surface area contributed by atoms with Crippen LogP contribution in [0, 0.1) is 0 Å². The minimum absolute atomic E-state index is 0.202. The van der Waals surface area contributed by atoms with Gasteiger partial charge in [0, 0.05) is 12.8 Å². The number of nitrogens with one attached hydrogen (secondary N) is 3. The lowest BCUT2D eigenvalue weighted by molar-refractivity contribution is -0.144. The summed E-state index contributed by atoms with van der Waals surface area (Å²) in [7, 11) is 0. The second-order valence-corrected chi connectivity index (χ2v) is 6.76. The summed E-state index contributed by atoms with van der Waals surface area (Å²) in [4.78, 5) is 79.9. The van der Waals surface area contributed by atoms with Gasteiger partial charge in [-0.25, -0.2) is 4.79 Å². The molecular weight excluding hydrogens is 436 g/mol. The molecule has 0 aromatic rings. The molecule has 0 aromatic heterocycles. The van der Waals surface area contributed by atoms with Crippen molar-refractivity contribution in [1.82, 2.24) is 16.0 Å². The molecule has 0 aromatic carbocycles. The number of rotatable bonds is 15. The molecule has 0 spiro atoms. The molecule has 0 saturated carbocycles. The Morgan fingerprint density at radius 3 is 1.66 bits per heavy atom. The van der Waals surface area contributed by atoms with Gasteiger partial charge in [-0.15, -0.1) is 0 Å². The molecule has 0 bridgehead atoms. The Balaban J connectivity index is 5.10. The van der Waals surface area contributed by atoms with E-state index in [0.717, 1.165) is 0 Å². The molecule has 9 N–H and O–H groups in total. The van der Waals surface area contributed by atoms with Gasteiger partial charge in [0.25, 0.3) is 0 Å². The van der Waals surface area contributed by atoms with E-state index < -0.39 is 85.0 Å². The second kappa shape index (κ2) is 13.5. The first-order valence-corrected chi connectivity index (χ1v) is 9.29. The average Bonchev–Trinajstić information content (AvgIpc) is 2.67. The van der Waals surface area contributed by atoms with Crippen LogP contribution < -0.4 is 21.7 Å². The maximum Gasteiger partial charge on any atom is 0.326 e. The van der Waals surface area contributed by atoms with Crippen molar-refractivity contribution in [3.63, 3.8) is 0 Å². The van der Waals surface area contributed by atoms with Gasteiger partial charge in [-0.1, -0.05) is 0 Å². The molecule has 4 unspecified atom stereocenters. The van der Waals surface area contributed by atoms with Gasteiger partial charge in [0.05, 0.1) is 12.5 Å². The molecule has 0 aliphatic heterocycles. The van der Waals surface area contributed by atoms with Gasteiger partial charge in [0.2, 0.25) is 17.7 Å². The van der Waals surface area contributed by atoms with Crippen LogP contribution in [0.5, 0.6) is 0 Å². The van der Waals surface area contributed by atoms with E-state index in [2.05, 4.69) is 10.6 Å². The van der Waals surface area contributed by atoms with Gasteiger partial charge in [-0.2, -0.15) is 0 Å². The maximum atomic E-state index is 12.3. The normalized spacial score (nSPS) is 14.2. The van der Waals surface area contributed by atoms with Crippen molar-refractivity contribution < 1.29 is 54.0 Å². The fraction of sp³-hybridized carbons (Fsp3) is 0.588. The first kappa shape index (κ1) is 28.2. The number of hydrogen-bond donors (Lipinski definition) is 8. The van der Waals surface area contributed by atoms with Crippen molar-refractivity contribution in [3.8, 4) is 0 Å². The summed E-state index contributed by atoms with van der Waals surface area (Å²) in [6.45, 7) is 1.19. The van der Waals surface area contributed by atoms with E-state index in [9.17, 15) is 33.6 Å². The van der Waals surface area contributed by atoms with E-state index in [0.29, 0.717) is 0 Å². The summed E-state index contributed by atoms with van der Waals surface area (Å²) >= 11 is 0. The van der Waals surface area contributed by atoms with Gasteiger partial charge in [0.15, 0.2) is 0 Å². The van der Waals surface area contributed by atoms with E-state index in [-0.39, 0.29) is 12.8 Å². The lowest BCUT2D eigenvalue weighted by Gasteiger charge is -2.22. The van der Waals surface area contributed by atoms with Crippen molar-refractivity contribution in [1.29, 1.82) is 0 Å². The first-order valence-electron chi connectivity index (χ1n) is 9.29. The number of hydrogen-bond acceptors (Lipinski definition) is 8. The molecule has 0 aliphatic carbocycles. The van der Waals surface area contributed by atoms with E-state index in [1.165, 1.54) is 6.92 Å². The Morgan fingerprint density at radius 1 is 0.688 bits per heavy atom. The predicted octanol–water partition coefficient (Wildman–Crippen LogP) is -2.92. The molecule has 0 fully saturated rings. The van der Waals surface area contributed by atoms with E-state index in [4.69, 9.17) is 26.2 Å². The number of amides is 3. The standard InChI is InChI=1S/C17H26N4O11/c1-7(19-15(29)8(18)2-4-11(22)23)14(28)21-10(6-13(26)27)16(30)20-9(17(31)32)3-5-12(24)25/h7-10H,2-6,18H2,1H3,(H,19,29)(H,20,30)(H,21,28)(H,22,23)(H,24,25)(H,26,27)(H,31,32). The number of carbonyl (C=O) groups excluding carboxylic acids is 3. The Labute approximate surface area is 181 Å². The predicted molar refractivity (Wildman–Crippen MR) is 103 cm³/mol. The molecule has 3 amide bonds. The van der Waals surface area contributed by atoms with Gasteiger partial charge in [-0.3, -0.25) is 28.8 Å². The Hall–Kier alpha value is -3.75. The van der Waals surface area contributed by atoms with Crippen LogP contribution in [-0.2, 0) is 33.6 Å². The highest BCUT2D eigenvalue weighted by Crippen LogP contribution is 2.02. The van der Waals surface area contributed by atoms with Crippen LogP contribution in [0.2, 0.25) is 0 Å². The lowest BCUT2D eigenvalue weighted by atomic mass is 10.1. The lowest BCUT2D eigenvalue weighted by Crippen LogP contribution is -2.56. The molecule has 15 nitrogen and oxygen atoms in total. The Kier molecular flexibility index (Phi) is 11.9. The summed E-state index contributed by atoms with van der Waals surface area (Å²) in [5, 5.41) is 41.5. The summed E-state index contributed by atoms with van der Waals surface area (Å²) in [5.41, 5.74) is 5.52. The second-order valence-electron chi connectivity index (χ2n) is 6.76. The van der Waals surface area contributed by atoms with E-state index >= 15 is 0 Å². The molecule has 15 heteroatoms. The maximum absolute atomic E-state index is 12.3. The molecule has 0 saturated heterocycles. The van der Waals surface area contributed by atoms with E-state index in [1.54, 1.807) is 0 Å². The largest absolute Gasteiger partial charge is 0.481 e. The molecular formula is C17H26N4O11. The van der Waals surface area contributed by atoms with Crippen LogP contribution in [0.1, 0.15) is 39.0 Å². The third-order valence-electron chi connectivity index (χ3n) is 4.03. The molecule has 0 heterocycles. The summed E-state index contributed by atoms with van der Waals surface area (Å²) in [5.74, 6) is -8.59. The highest BCUT2D eigenvalue weighted by atomic mass is 16.4. The van der Waals surface area contributed by atoms with Crippen LogP contribution in [0.3, 0.4) is 0 Å². The highest BCUT2D eigenvalue weighted by Gasteiger charge is 2.30. The number of nitrogens with two attached hydrogens (primary N) is 1. The number of carbonyl (C=O) groups is 7. The first-order chi connectivity index (χ1) is 14.7. The molecule has 0 radical (unpaired) electrons. The van der Waals surface area contributed by atoms with Crippen LogP contribution in [-0.4, -0.2) is 86.2 Å². The zero-order valence-electron chi connectivity index (χ0n) is 17.1. The van der Waals surface area contributed by atoms with Crippen molar-refractivity contribution in [2.75, 3.05) is 0 Å². The third kappa shape index (κ3) is 11.4. The van der Waals surface area contributed by atoms with Gasteiger partial charge >= 0.3 is 23.9 Å². The zero-order valence-corrected chi connectivity index (χ0v) is 17.1. The monoisotopic (exact) mass is 462 g/mol. The molecule has 4 atom stereocenters.